The van der Waals surface area contributed by atoms with Crippen LogP contribution in [0.15, 0.2) is 18.2 Å². The molecule has 0 aliphatic heterocycles. The lowest BCUT2D eigenvalue weighted by molar-refractivity contribution is -0.384. The van der Waals surface area contributed by atoms with Crippen molar-refractivity contribution in [1.29, 1.82) is 0 Å². The molecule has 1 aromatic rings. The van der Waals surface area contributed by atoms with Crippen molar-refractivity contribution < 1.29 is 9.66 Å². The van der Waals surface area contributed by atoms with Crippen molar-refractivity contribution in [3.8, 4) is 0 Å². The Labute approximate surface area is 114 Å². The number of hydrogen-bond acceptors (Lipinski definition) is 4. The van der Waals surface area contributed by atoms with Gasteiger partial charge in [0.15, 0.2) is 0 Å². The Morgan fingerprint density at radius 3 is 2.74 bits per heavy atom. The molecule has 0 amide bonds. The molecule has 1 unspecified atom stereocenters. The Morgan fingerprint density at radius 1 is 1.42 bits per heavy atom. The zero-order valence-electron chi connectivity index (χ0n) is 11.8. The maximum atomic E-state index is 11.0. The van der Waals surface area contributed by atoms with Gasteiger partial charge in [0.2, 0.25) is 0 Å². The third-order valence-corrected chi connectivity index (χ3v) is 2.90. The van der Waals surface area contributed by atoms with Crippen LogP contribution in [0, 0.1) is 10.1 Å². The van der Waals surface area contributed by atoms with Crippen molar-refractivity contribution in [3.05, 3.63) is 33.9 Å². The fourth-order valence-electron chi connectivity index (χ4n) is 1.96. The van der Waals surface area contributed by atoms with Crippen LogP contribution < -0.4 is 5.32 Å². The standard InChI is InChI=1S/C14H22N2O3/c1-4-7-11(3)19-10-12-8-6-9-13(16(17)18)14(12)15-5-2/h6,8-9,11,15H,4-5,7,10H2,1-3H3. The van der Waals surface area contributed by atoms with Crippen LogP contribution in [0.4, 0.5) is 11.4 Å². The summed E-state index contributed by atoms with van der Waals surface area (Å²) in [5, 5.41) is 14.1. The monoisotopic (exact) mass is 266 g/mol. The first-order chi connectivity index (χ1) is 9.10. The molecule has 5 heteroatoms. The maximum absolute atomic E-state index is 11.0. The van der Waals surface area contributed by atoms with Gasteiger partial charge in [-0.25, -0.2) is 0 Å². The highest BCUT2D eigenvalue weighted by Gasteiger charge is 2.17. The van der Waals surface area contributed by atoms with Crippen LogP contribution >= 0.6 is 0 Å². The lowest BCUT2D eigenvalue weighted by atomic mass is 10.1. The summed E-state index contributed by atoms with van der Waals surface area (Å²) in [6, 6.07) is 5.07. The van der Waals surface area contributed by atoms with E-state index in [1.165, 1.54) is 6.07 Å². The SMILES string of the molecule is CCCC(C)OCc1cccc([N+](=O)[O-])c1NCC. The number of nitro groups is 1. The molecule has 106 valence electrons. The van der Waals surface area contributed by atoms with E-state index < -0.39 is 0 Å². The van der Waals surface area contributed by atoms with Crippen LogP contribution in [0.2, 0.25) is 0 Å². The van der Waals surface area contributed by atoms with E-state index >= 15 is 0 Å². The molecule has 0 aliphatic rings. The summed E-state index contributed by atoms with van der Waals surface area (Å²) < 4.78 is 5.73. The Hall–Kier alpha value is -1.62. The fourth-order valence-corrected chi connectivity index (χ4v) is 1.96. The number of nitrogens with zero attached hydrogens (tertiary/aromatic N) is 1. The van der Waals surface area contributed by atoms with E-state index in [0.717, 1.165) is 18.4 Å². The van der Waals surface area contributed by atoms with Crippen LogP contribution in [0.1, 0.15) is 39.2 Å². The molecule has 0 fully saturated rings. The number of para-hydroxylation sites is 1. The Balaban J connectivity index is 2.87. The number of hydrogen-bond donors (Lipinski definition) is 1. The van der Waals surface area contributed by atoms with Crippen molar-refractivity contribution in [2.24, 2.45) is 0 Å². The first-order valence-corrected chi connectivity index (χ1v) is 6.71. The van der Waals surface area contributed by atoms with Crippen molar-refractivity contribution in [2.75, 3.05) is 11.9 Å². The van der Waals surface area contributed by atoms with Crippen LogP contribution in [-0.4, -0.2) is 17.6 Å². The zero-order valence-corrected chi connectivity index (χ0v) is 11.8. The van der Waals surface area contributed by atoms with Gasteiger partial charge in [0.05, 0.1) is 17.6 Å². The second kappa shape index (κ2) is 7.74. The largest absolute Gasteiger partial charge is 0.379 e. The van der Waals surface area contributed by atoms with E-state index in [0.29, 0.717) is 18.8 Å². The van der Waals surface area contributed by atoms with Crippen molar-refractivity contribution >= 4 is 11.4 Å². The molecule has 0 saturated heterocycles. The molecule has 19 heavy (non-hydrogen) atoms. The molecular formula is C14H22N2O3. The average Bonchev–Trinajstić information content (AvgIpc) is 2.37. The fraction of sp³-hybridized carbons (Fsp3) is 0.571. The number of ether oxygens (including phenoxy) is 1. The molecular weight excluding hydrogens is 244 g/mol. The van der Waals surface area contributed by atoms with Crippen molar-refractivity contribution in [3.63, 3.8) is 0 Å². The predicted molar refractivity (Wildman–Crippen MR) is 76.4 cm³/mol. The highest BCUT2D eigenvalue weighted by molar-refractivity contribution is 5.66. The van der Waals surface area contributed by atoms with Gasteiger partial charge in [0, 0.05) is 18.2 Å². The summed E-state index contributed by atoms with van der Waals surface area (Å²) in [6.45, 7) is 7.08. The molecule has 1 N–H and O–H groups in total. The van der Waals surface area contributed by atoms with Gasteiger partial charge < -0.3 is 10.1 Å². The highest BCUT2D eigenvalue weighted by atomic mass is 16.6. The molecule has 0 heterocycles. The van der Waals surface area contributed by atoms with E-state index in [1.807, 2.05) is 19.9 Å². The normalized spacial score (nSPS) is 12.2. The first kappa shape index (κ1) is 15.4. The number of anilines is 1. The van der Waals surface area contributed by atoms with Gasteiger partial charge in [0.1, 0.15) is 5.69 Å². The van der Waals surface area contributed by atoms with E-state index in [-0.39, 0.29) is 16.7 Å². The van der Waals surface area contributed by atoms with Gasteiger partial charge in [-0.05, 0) is 20.3 Å². The molecule has 0 bridgehead atoms. The molecule has 0 aliphatic carbocycles. The van der Waals surface area contributed by atoms with Gasteiger partial charge in [-0.2, -0.15) is 0 Å². The van der Waals surface area contributed by atoms with E-state index in [9.17, 15) is 10.1 Å². The highest BCUT2D eigenvalue weighted by Crippen LogP contribution is 2.29. The molecule has 0 saturated carbocycles. The maximum Gasteiger partial charge on any atom is 0.292 e. The van der Waals surface area contributed by atoms with Gasteiger partial charge in [-0.3, -0.25) is 10.1 Å². The van der Waals surface area contributed by atoms with E-state index in [4.69, 9.17) is 4.74 Å². The topological polar surface area (TPSA) is 64.4 Å². The lowest BCUT2D eigenvalue weighted by Crippen LogP contribution is -2.10. The van der Waals surface area contributed by atoms with E-state index in [1.54, 1.807) is 6.07 Å². The number of benzene rings is 1. The molecule has 1 rings (SSSR count). The predicted octanol–water partition coefficient (Wildman–Crippen LogP) is 3.73. The van der Waals surface area contributed by atoms with Crippen LogP contribution in [0.25, 0.3) is 0 Å². The van der Waals surface area contributed by atoms with Crippen molar-refractivity contribution in [1.82, 2.24) is 0 Å². The molecule has 1 atom stereocenters. The molecule has 0 spiro atoms. The Bertz CT molecular complexity index is 421. The quantitative estimate of drug-likeness (QED) is 0.575. The number of rotatable bonds is 8. The third kappa shape index (κ3) is 4.52. The van der Waals surface area contributed by atoms with Crippen LogP contribution in [0.5, 0.6) is 0 Å². The zero-order chi connectivity index (χ0) is 14.3. The Morgan fingerprint density at radius 2 is 2.16 bits per heavy atom. The summed E-state index contributed by atoms with van der Waals surface area (Å²) in [5.41, 5.74) is 1.50. The number of nitro benzene ring substituents is 1. The Kier molecular flexibility index (Phi) is 6.29. The minimum atomic E-state index is -0.364. The summed E-state index contributed by atoms with van der Waals surface area (Å²) >= 11 is 0. The first-order valence-electron chi connectivity index (χ1n) is 6.71. The summed E-state index contributed by atoms with van der Waals surface area (Å²) in [7, 11) is 0. The molecule has 1 aromatic carbocycles. The summed E-state index contributed by atoms with van der Waals surface area (Å²) in [6.07, 6.45) is 2.22. The molecule has 0 aromatic heterocycles. The summed E-state index contributed by atoms with van der Waals surface area (Å²) in [5.74, 6) is 0. The lowest BCUT2D eigenvalue weighted by Gasteiger charge is -2.15. The second-order valence-corrected chi connectivity index (χ2v) is 4.51. The minimum absolute atomic E-state index is 0.103. The van der Waals surface area contributed by atoms with Crippen molar-refractivity contribution in [2.45, 2.75) is 46.3 Å². The van der Waals surface area contributed by atoms with Crippen LogP contribution in [-0.2, 0) is 11.3 Å². The van der Waals surface area contributed by atoms with Gasteiger partial charge in [-0.15, -0.1) is 0 Å². The van der Waals surface area contributed by atoms with Gasteiger partial charge in [0.25, 0.3) is 5.69 Å². The molecule has 0 radical (unpaired) electrons. The third-order valence-electron chi connectivity index (χ3n) is 2.90. The van der Waals surface area contributed by atoms with Gasteiger partial charge in [-0.1, -0.05) is 25.5 Å². The molecule has 5 nitrogen and oxygen atoms in total. The second-order valence-electron chi connectivity index (χ2n) is 4.51. The van der Waals surface area contributed by atoms with E-state index in [2.05, 4.69) is 12.2 Å². The smallest absolute Gasteiger partial charge is 0.292 e. The summed E-state index contributed by atoms with van der Waals surface area (Å²) in [4.78, 5) is 10.7. The minimum Gasteiger partial charge on any atom is -0.379 e. The number of nitrogens with one attached hydrogen (secondary N) is 1. The van der Waals surface area contributed by atoms with Gasteiger partial charge >= 0.3 is 0 Å². The van der Waals surface area contributed by atoms with Crippen LogP contribution in [0.3, 0.4) is 0 Å². The average molecular weight is 266 g/mol.